The van der Waals surface area contributed by atoms with Gasteiger partial charge in [0, 0.05) is 24.8 Å². The van der Waals surface area contributed by atoms with Gasteiger partial charge in [-0.05, 0) is 0 Å². The minimum atomic E-state index is -0.219. The van der Waals surface area contributed by atoms with Gasteiger partial charge in [0.25, 0.3) is 0 Å². The van der Waals surface area contributed by atoms with E-state index in [-0.39, 0.29) is 12.6 Å². The van der Waals surface area contributed by atoms with E-state index < -0.39 is 0 Å². The summed E-state index contributed by atoms with van der Waals surface area (Å²) in [6.07, 6.45) is 3.96. The number of methoxy groups -OCH3 is 1. The Morgan fingerprint density at radius 1 is 1.69 bits per heavy atom. The van der Waals surface area contributed by atoms with Gasteiger partial charge in [-0.3, -0.25) is 9.48 Å². The fraction of sp³-hybridized carbons (Fsp3) is 0.600. The van der Waals surface area contributed by atoms with Gasteiger partial charge in [-0.25, -0.2) is 0 Å². The molecule has 0 aliphatic rings. The summed E-state index contributed by atoms with van der Waals surface area (Å²) in [5.74, 6) is -0.219. The lowest BCUT2D eigenvalue weighted by Gasteiger charge is -2.01. The van der Waals surface area contributed by atoms with Gasteiger partial charge >= 0.3 is 5.97 Å². The predicted octanol–water partition coefficient (Wildman–Crippen LogP) is -0.472. The SMILES string of the molecule is COC(=O)CCNCc1cnn(CCO)c1. The standard InChI is InChI=1S/C10H17N3O3/c1-16-10(15)2-3-11-6-9-7-12-13(8-9)4-5-14/h7-8,11,14H,2-6H2,1H3. The Kier molecular flexibility index (Phi) is 5.52. The van der Waals surface area contributed by atoms with Crippen molar-refractivity contribution < 1.29 is 14.6 Å². The molecule has 0 atom stereocenters. The van der Waals surface area contributed by atoms with Crippen molar-refractivity contribution in [3.05, 3.63) is 18.0 Å². The van der Waals surface area contributed by atoms with Crippen LogP contribution in [0.25, 0.3) is 0 Å². The van der Waals surface area contributed by atoms with Gasteiger partial charge in [-0.2, -0.15) is 5.10 Å². The molecule has 1 heterocycles. The molecule has 0 aliphatic heterocycles. The van der Waals surface area contributed by atoms with Crippen LogP contribution in [0.15, 0.2) is 12.4 Å². The normalized spacial score (nSPS) is 10.4. The average Bonchev–Trinajstić information content (AvgIpc) is 2.72. The van der Waals surface area contributed by atoms with Crippen LogP contribution in [-0.2, 0) is 22.6 Å². The van der Waals surface area contributed by atoms with Crippen LogP contribution in [0.2, 0.25) is 0 Å². The lowest BCUT2D eigenvalue weighted by molar-refractivity contribution is -0.140. The summed E-state index contributed by atoms with van der Waals surface area (Å²) < 4.78 is 6.19. The van der Waals surface area contributed by atoms with E-state index in [4.69, 9.17) is 5.11 Å². The monoisotopic (exact) mass is 227 g/mol. The van der Waals surface area contributed by atoms with Crippen LogP contribution in [-0.4, -0.2) is 41.1 Å². The van der Waals surface area contributed by atoms with Crippen LogP contribution in [0.1, 0.15) is 12.0 Å². The molecule has 6 nitrogen and oxygen atoms in total. The zero-order valence-corrected chi connectivity index (χ0v) is 9.35. The van der Waals surface area contributed by atoms with Crippen LogP contribution in [0.4, 0.5) is 0 Å². The third kappa shape index (κ3) is 4.41. The highest BCUT2D eigenvalue weighted by molar-refractivity contribution is 5.69. The largest absolute Gasteiger partial charge is 0.469 e. The maximum atomic E-state index is 10.8. The van der Waals surface area contributed by atoms with Crippen molar-refractivity contribution >= 4 is 5.97 Å². The van der Waals surface area contributed by atoms with Gasteiger partial charge in [0.15, 0.2) is 0 Å². The molecule has 0 fully saturated rings. The molecule has 0 saturated carbocycles. The second-order valence-electron chi connectivity index (χ2n) is 3.34. The van der Waals surface area contributed by atoms with Crippen molar-refractivity contribution in [3.8, 4) is 0 Å². The molecule has 0 unspecified atom stereocenters. The van der Waals surface area contributed by atoms with E-state index in [1.165, 1.54) is 7.11 Å². The molecule has 1 aromatic heterocycles. The number of hydrogen-bond donors (Lipinski definition) is 2. The number of carbonyl (C=O) groups is 1. The molecule has 1 aromatic rings. The number of esters is 1. The van der Waals surface area contributed by atoms with Gasteiger partial charge in [-0.15, -0.1) is 0 Å². The van der Waals surface area contributed by atoms with E-state index in [0.717, 1.165) is 5.56 Å². The van der Waals surface area contributed by atoms with Crippen LogP contribution in [0, 0.1) is 0 Å². The zero-order valence-electron chi connectivity index (χ0n) is 9.35. The Balaban J connectivity index is 2.19. The molecule has 6 heteroatoms. The molecule has 0 radical (unpaired) electrons. The first-order valence-electron chi connectivity index (χ1n) is 5.16. The highest BCUT2D eigenvalue weighted by Gasteiger charge is 2.00. The molecular weight excluding hydrogens is 210 g/mol. The minimum absolute atomic E-state index is 0.0802. The lowest BCUT2D eigenvalue weighted by Crippen LogP contribution is -2.18. The molecule has 0 aromatic carbocycles. The van der Waals surface area contributed by atoms with Crippen molar-refractivity contribution in [2.24, 2.45) is 0 Å². The number of hydrogen-bond acceptors (Lipinski definition) is 5. The Bertz CT molecular complexity index is 325. The van der Waals surface area contributed by atoms with Crippen molar-refractivity contribution in [1.82, 2.24) is 15.1 Å². The number of rotatable bonds is 7. The molecule has 0 spiro atoms. The fourth-order valence-electron chi connectivity index (χ4n) is 1.25. The second kappa shape index (κ2) is 6.97. The Morgan fingerprint density at radius 2 is 2.50 bits per heavy atom. The van der Waals surface area contributed by atoms with Crippen LogP contribution in [0.5, 0.6) is 0 Å². The third-order valence-electron chi connectivity index (χ3n) is 2.08. The quantitative estimate of drug-likeness (QED) is 0.486. The molecule has 0 amide bonds. The van der Waals surface area contributed by atoms with E-state index in [1.54, 1.807) is 10.9 Å². The highest BCUT2D eigenvalue weighted by atomic mass is 16.5. The molecule has 0 saturated heterocycles. The summed E-state index contributed by atoms with van der Waals surface area (Å²) in [5.41, 5.74) is 1.03. The number of aliphatic hydroxyl groups excluding tert-OH is 1. The lowest BCUT2D eigenvalue weighted by atomic mass is 10.3. The van der Waals surface area contributed by atoms with Crippen molar-refractivity contribution in [2.45, 2.75) is 19.5 Å². The van der Waals surface area contributed by atoms with E-state index >= 15 is 0 Å². The summed E-state index contributed by atoms with van der Waals surface area (Å²) in [6.45, 7) is 1.82. The van der Waals surface area contributed by atoms with Crippen LogP contribution < -0.4 is 5.32 Å². The van der Waals surface area contributed by atoms with E-state index in [1.807, 2.05) is 6.20 Å². The highest BCUT2D eigenvalue weighted by Crippen LogP contribution is 1.96. The average molecular weight is 227 g/mol. The summed E-state index contributed by atoms with van der Waals surface area (Å²) in [4.78, 5) is 10.8. The van der Waals surface area contributed by atoms with Crippen LogP contribution >= 0.6 is 0 Å². The summed E-state index contributed by atoms with van der Waals surface area (Å²) in [5, 5.41) is 15.9. The smallest absolute Gasteiger partial charge is 0.306 e. The maximum absolute atomic E-state index is 10.8. The molecule has 90 valence electrons. The third-order valence-corrected chi connectivity index (χ3v) is 2.08. The van der Waals surface area contributed by atoms with E-state index in [9.17, 15) is 4.79 Å². The summed E-state index contributed by atoms with van der Waals surface area (Å²) in [7, 11) is 1.38. The van der Waals surface area contributed by atoms with Gasteiger partial charge in [0.1, 0.15) is 0 Å². The zero-order chi connectivity index (χ0) is 11.8. The molecule has 0 bridgehead atoms. The van der Waals surface area contributed by atoms with Crippen molar-refractivity contribution in [2.75, 3.05) is 20.3 Å². The van der Waals surface area contributed by atoms with Crippen molar-refractivity contribution in [1.29, 1.82) is 0 Å². The first-order valence-corrected chi connectivity index (χ1v) is 5.16. The molecule has 1 rings (SSSR count). The molecule has 16 heavy (non-hydrogen) atoms. The van der Waals surface area contributed by atoms with Crippen LogP contribution in [0.3, 0.4) is 0 Å². The van der Waals surface area contributed by atoms with Crippen molar-refractivity contribution in [3.63, 3.8) is 0 Å². The van der Waals surface area contributed by atoms with Gasteiger partial charge in [0.2, 0.25) is 0 Å². The second-order valence-corrected chi connectivity index (χ2v) is 3.34. The minimum Gasteiger partial charge on any atom is -0.469 e. The number of aromatic nitrogens is 2. The first-order chi connectivity index (χ1) is 7.76. The Labute approximate surface area is 94.2 Å². The molecule has 2 N–H and O–H groups in total. The van der Waals surface area contributed by atoms with E-state index in [2.05, 4.69) is 15.2 Å². The Hall–Kier alpha value is -1.40. The van der Waals surface area contributed by atoms with Gasteiger partial charge < -0.3 is 15.2 Å². The van der Waals surface area contributed by atoms with Gasteiger partial charge in [0.05, 0.1) is 32.9 Å². The van der Waals surface area contributed by atoms with Gasteiger partial charge in [-0.1, -0.05) is 0 Å². The number of nitrogens with zero attached hydrogens (tertiary/aromatic N) is 2. The molecular formula is C10H17N3O3. The summed E-state index contributed by atoms with van der Waals surface area (Å²) in [6, 6.07) is 0. The first kappa shape index (κ1) is 12.7. The predicted molar refractivity (Wildman–Crippen MR) is 57.7 cm³/mol. The topological polar surface area (TPSA) is 76.4 Å². The Morgan fingerprint density at radius 3 is 3.19 bits per heavy atom. The number of aliphatic hydroxyl groups is 1. The number of nitrogens with one attached hydrogen (secondary N) is 1. The summed E-state index contributed by atoms with van der Waals surface area (Å²) >= 11 is 0. The fourth-order valence-corrected chi connectivity index (χ4v) is 1.25. The molecule has 0 aliphatic carbocycles. The maximum Gasteiger partial charge on any atom is 0.306 e. The number of carbonyl (C=O) groups excluding carboxylic acids is 1. The van der Waals surface area contributed by atoms with E-state index in [0.29, 0.717) is 26.1 Å². The number of ether oxygens (including phenoxy) is 1.